The molecule has 174 valence electrons. The molecule has 2 N–H and O–H groups in total. The molecule has 1 aromatic rings. The topological polar surface area (TPSA) is 72.1 Å². The molecule has 1 unspecified atom stereocenters. The molecule has 1 aromatic carbocycles. The Labute approximate surface area is 192 Å². The minimum absolute atomic E-state index is 0.0391. The monoisotopic (exact) mass is 441 g/mol. The molecule has 3 aliphatic rings. The summed E-state index contributed by atoms with van der Waals surface area (Å²) in [6, 6.07) is 8.29. The highest BCUT2D eigenvalue weighted by Gasteiger charge is 2.51. The summed E-state index contributed by atoms with van der Waals surface area (Å²) in [5.74, 6) is 0. The van der Waals surface area contributed by atoms with Gasteiger partial charge in [0.1, 0.15) is 11.8 Å². The number of nitrogens with zero attached hydrogens (tertiary/aromatic N) is 1. The van der Waals surface area contributed by atoms with Crippen LogP contribution in [0.4, 0.5) is 4.79 Å². The number of likely N-dealkylation sites (tertiary alicyclic amines) is 1. The summed E-state index contributed by atoms with van der Waals surface area (Å²) in [4.78, 5) is 14.5. The third-order valence-electron chi connectivity index (χ3n) is 6.78. The van der Waals surface area contributed by atoms with Gasteiger partial charge in [0.05, 0.1) is 22.9 Å². The Morgan fingerprint density at radius 2 is 1.75 bits per heavy atom. The summed E-state index contributed by atoms with van der Waals surface area (Å²) in [5.41, 5.74) is 1.87. The van der Waals surface area contributed by atoms with Crippen LogP contribution < -0.4 is 16.1 Å². The van der Waals surface area contributed by atoms with Crippen LogP contribution in [0, 0.1) is 0 Å². The van der Waals surface area contributed by atoms with Crippen LogP contribution in [-0.2, 0) is 14.0 Å². The van der Waals surface area contributed by atoms with E-state index >= 15 is 0 Å². The van der Waals surface area contributed by atoms with Crippen LogP contribution in [0.15, 0.2) is 30.5 Å². The van der Waals surface area contributed by atoms with Gasteiger partial charge in [-0.3, -0.25) is 0 Å². The average molecular weight is 441 g/mol. The van der Waals surface area contributed by atoms with Gasteiger partial charge in [0.25, 0.3) is 0 Å². The van der Waals surface area contributed by atoms with Gasteiger partial charge in [-0.15, -0.1) is 0 Å². The highest BCUT2D eigenvalue weighted by Crippen LogP contribution is 2.36. The molecule has 3 aliphatic heterocycles. The highest BCUT2D eigenvalue weighted by atomic mass is 16.7. The van der Waals surface area contributed by atoms with Gasteiger partial charge >= 0.3 is 13.2 Å². The van der Waals surface area contributed by atoms with E-state index in [1.807, 2.05) is 31.9 Å². The molecule has 0 aromatic heterocycles. The Bertz CT molecular complexity index is 876. The summed E-state index contributed by atoms with van der Waals surface area (Å²) in [6.07, 6.45) is 3.61. The molecule has 0 bridgehead atoms. The van der Waals surface area contributed by atoms with Crippen molar-refractivity contribution in [3.8, 4) is 0 Å². The van der Waals surface area contributed by atoms with Crippen molar-refractivity contribution in [2.45, 2.75) is 90.3 Å². The largest absolute Gasteiger partial charge is 0.494 e. The van der Waals surface area contributed by atoms with Gasteiger partial charge in [-0.05, 0) is 72.3 Å². The third kappa shape index (κ3) is 4.48. The van der Waals surface area contributed by atoms with Gasteiger partial charge in [-0.2, -0.15) is 0 Å². The zero-order chi connectivity index (χ0) is 23.3. The van der Waals surface area contributed by atoms with Crippen LogP contribution >= 0.6 is 0 Å². The molecule has 32 heavy (non-hydrogen) atoms. The molecular weight excluding hydrogens is 405 g/mol. The lowest BCUT2D eigenvalue weighted by atomic mass is 9.79. The zero-order valence-electron chi connectivity index (χ0n) is 20.3. The number of carbonyl (C=O) groups is 1. The van der Waals surface area contributed by atoms with E-state index in [1.165, 1.54) is 0 Å². The van der Waals surface area contributed by atoms with Crippen LogP contribution in [0.2, 0.25) is 0 Å². The van der Waals surface area contributed by atoms with Gasteiger partial charge in [0, 0.05) is 12.7 Å². The molecular formula is C24H36BN3O4. The van der Waals surface area contributed by atoms with Crippen molar-refractivity contribution >= 4 is 24.4 Å². The van der Waals surface area contributed by atoms with E-state index in [0.29, 0.717) is 0 Å². The second-order valence-corrected chi connectivity index (χ2v) is 10.9. The van der Waals surface area contributed by atoms with Crippen LogP contribution in [0.3, 0.4) is 0 Å². The van der Waals surface area contributed by atoms with Crippen molar-refractivity contribution in [3.63, 3.8) is 0 Å². The lowest BCUT2D eigenvalue weighted by Gasteiger charge is -2.32. The average Bonchev–Trinajstić information content (AvgIpc) is 3.38. The van der Waals surface area contributed by atoms with Crippen LogP contribution in [0.5, 0.6) is 0 Å². The lowest BCUT2D eigenvalue weighted by Crippen LogP contribution is -2.52. The van der Waals surface area contributed by atoms with Crippen LogP contribution in [-0.4, -0.2) is 53.7 Å². The number of benzene rings is 1. The maximum absolute atomic E-state index is 12.6. The van der Waals surface area contributed by atoms with Crippen LogP contribution in [0.1, 0.15) is 66.9 Å². The van der Waals surface area contributed by atoms with E-state index in [4.69, 9.17) is 14.0 Å². The van der Waals surface area contributed by atoms with Gasteiger partial charge in [-0.25, -0.2) is 4.79 Å². The highest BCUT2D eigenvalue weighted by molar-refractivity contribution is 6.62. The Morgan fingerprint density at radius 3 is 2.34 bits per heavy atom. The molecule has 0 aliphatic carbocycles. The second kappa shape index (κ2) is 7.99. The number of hydrogen-bond donors (Lipinski definition) is 2. The second-order valence-electron chi connectivity index (χ2n) is 10.9. The fourth-order valence-corrected chi connectivity index (χ4v) is 4.28. The van der Waals surface area contributed by atoms with Crippen molar-refractivity contribution in [2.75, 3.05) is 6.54 Å². The number of carbonyl (C=O) groups excluding carboxylic acids is 1. The zero-order valence-corrected chi connectivity index (χ0v) is 20.3. The van der Waals surface area contributed by atoms with Gasteiger partial charge < -0.3 is 29.6 Å². The Balaban J connectivity index is 1.39. The maximum atomic E-state index is 12.6. The molecule has 0 radical (unpaired) electrons. The molecule has 2 atom stereocenters. The number of nitrogens with one attached hydrogen (secondary N) is 2. The van der Waals surface area contributed by atoms with Gasteiger partial charge in [0.2, 0.25) is 0 Å². The first-order chi connectivity index (χ1) is 14.9. The molecule has 2 fully saturated rings. The summed E-state index contributed by atoms with van der Waals surface area (Å²) < 4.78 is 17.9. The lowest BCUT2D eigenvalue weighted by molar-refractivity contribution is 0.00578. The minimum atomic E-state index is -0.497. The standard InChI is InChI=1S/C24H36BN3O4/c1-22(2,3)30-21(29)28-14-8-9-19(28)20-26-15-18(27-20)16-10-12-17(13-11-16)25-31-23(4,5)24(6,7)32-25/h10-13,15,19-20,26-27H,8-9,14H2,1-7H3/t19-,20?/m0/s1. The molecule has 1 amide bonds. The normalized spacial score (nSPS) is 26.5. The fourth-order valence-electron chi connectivity index (χ4n) is 4.28. The molecule has 0 spiro atoms. The predicted molar refractivity (Wildman–Crippen MR) is 126 cm³/mol. The van der Waals surface area contributed by atoms with E-state index in [-0.39, 0.29) is 36.6 Å². The van der Waals surface area contributed by atoms with Gasteiger partial charge in [0.15, 0.2) is 0 Å². The first kappa shape index (κ1) is 23.0. The summed E-state index contributed by atoms with van der Waals surface area (Å²) in [6.45, 7) is 14.7. The number of hydrogen-bond acceptors (Lipinski definition) is 6. The Hall–Kier alpha value is -2.19. The first-order valence-electron chi connectivity index (χ1n) is 11.5. The molecule has 8 heteroatoms. The first-order valence-corrected chi connectivity index (χ1v) is 11.5. The third-order valence-corrected chi connectivity index (χ3v) is 6.78. The van der Waals surface area contributed by atoms with E-state index in [1.54, 1.807) is 0 Å². The maximum Gasteiger partial charge on any atom is 0.494 e. The summed E-state index contributed by atoms with van der Waals surface area (Å²) >= 11 is 0. The molecule has 0 saturated carbocycles. The van der Waals surface area contributed by atoms with E-state index < -0.39 is 5.60 Å². The molecule has 3 heterocycles. The molecule has 7 nitrogen and oxygen atoms in total. The minimum Gasteiger partial charge on any atom is -0.444 e. The van der Waals surface area contributed by atoms with E-state index in [0.717, 1.165) is 36.1 Å². The number of rotatable bonds is 3. The van der Waals surface area contributed by atoms with E-state index in [2.05, 4.69) is 62.6 Å². The smallest absolute Gasteiger partial charge is 0.444 e. The Morgan fingerprint density at radius 1 is 1.12 bits per heavy atom. The van der Waals surface area contributed by atoms with Crippen molar-refractivity contribution in [2.24, 2.45) is 0 Å². The van der Waals surface area contributed by atoms with Crippen molar-refractivity contribution in [1.82, 2.24) is 15.5 Å². The number of ether oxygens (including phenoxy) is 1. The SMILES string of the molecule is CC(C)(C)OC(=O)N1CCC[C@H]1C1NC=C(c2ccc(B3OC(C)(C)C(C)(C)O3)cc2)N1. The summed E-state index contributed by atoms with van der Waals surface area (Å²) in [7, 11) is -0.369. The van der Waals surface area contributed by atoms with E-state index in [9.17, 15) is 4.79 Å². The quantitative estimate of drug-likeness (QED) is 0.703. The van der Waals surface area contributed by atoms with Crippen molar-refractivity contribution in [1.29, 1.82) is 0 Å². The predicted octanol–water partition coefficient (Wildman–Crippen LogP) is 3.20. The molecule has 4 rings (SSSR count). The van der Waals surface area contributed by atoms with Crippen molar-refractivity contribution < 1.29 is 18.8 Å². The van der Waals surface area contributed by atoms with Crippen LogP contribution in [0.25, 0.3) is 5.70 Å². The van der Waals surface area contributed by atoms with Crippen molar-refractivity contribution in [3.05, 3.63) is 36.0 Å². The molecule has 2 saturated heterocycles. The summed E-state index contributed by atoms with van der Waals surface area (Å²) in [5, 5.41) is 6.96. The Kier molecular flexibility index (Phi) is 5.74. The fraction of sp³-hybridized carbons (Fsp3) is 0.625. The number of amides is 1. The van der Waals surface area contributed by atoms with Gasteiger partial charge in [-0.1, -0.05) is 24.3 Å².